The molecule has 6 nitrogen and oxygen atoms in total. The second-order valence-electron chi connectivity index (χ2n) is 23.1. The Morgan fingerprint density at radius 3 is 0.735 bits per heavy atom. The van der Waals surface area contributed by atoms with Gasteiger partial charge < -0.3 is 14.2 Å². The van der Waals surface area contributed by atoms with Crippen LogP contribution in [0.3, 0.4) is 0 Å². The quantitative estimate of drug-likeness (QED) is 0.0261. The third-order valence-corrected chi connectivity index (χ3v) is 15.0. The molecule has 0 aliphatic carbocycles. The van der Waals surface area contributed by atoms with Gasteiger partial charge in [-0.15, -0.1) is 0 Å². The molecule has 0 aromatic carbocycles. The zero-order valence-electron chi connectivity index (χ0n) is 54.4. The van der Waals surface area contributed by atoms with E-state index in [2.05, 4.69) is 142 Å². The molecule has 1 atom stereocenters. The van der Waals surface area contributed by atoms with Gasteiger partial charge in [0.2, 0.25) is 0 Å². The van der Waals surface area contributed by atoms with Crippen LogP contribution in [0.1, 0.15) is 329 Å². The topological polar surface area (TPSA) is 78.9 Å². The standard InChI is InChI=1S/C77H130O6/c1-4-7-10-13-16-19-22-25-28-31-32-33-34-35-36-37-38-39-40-41-42-43-44-45-46-47-50-52-55-58-61-64-67-70-76(79)82-73-74(83-77(80)71-68-65-62-59-56-53-49-30-27-24-21-18-15-12-9-6-3)72-81-75(78)69-66-63-60-57-54-51-48-29-26-23-20-17-14-11-8-5-2/h7,10,16,19,25,28,32-33,35-36,38-39,41-42,44-45,47,50,55,58,74H,4-6,8-9,11-15,17-18,20-24,26-27,29-31,34,37,40,43,46,48-49,51-54,56-57,59-73H2,1-3H3/b10-7-,19-16-,28-25-,33-32-,36-35-,39-38-,42-41-,45-44-,50-47-,58-55-. The van der Waals surface area contributed by atoms with Crippen molar-refractivity contribution in [2.24, 2.45) is 0 Å². The lowest BCUT2D eigenvalue weighted by atomic mass is 10.0. The number of esters is 3. The highest BCUT2D eigenvalue weighted by Gasteiger charge is 2.19. The highest BCUT2D eigenvalue weighted by Crippen LogP contribution is 2.17. The van der Waals surface area contributed by atoms with Gasteiger partial charge >= 0.3 is 17.9 Å². The summed E-state index contributed by atoms with van der Waals surface area (Å²) in [6.45, 7) is 6.53. The summed E-state index contributed by atoms with van der Waals surface area (Å²) in [6, 6.07) is 0. The molecule has 0 amide bonds. The highest BCUT2D eigenvalue weighted by molar-refractivity contribution is 5.71. The molecule has 0 radical (unpaired) electrons. The van der Waals surface area contributed by atoms with Gasteiger partial charge in [-0.1, -0.05) is 335 Å². The van der Waals surface area contributed by atoms with Crippen molar-refractivity contribution in [1.29, 1.82) is 0 Å². The predicted octanol–water partition coefficient (Wildman–Crippen LogP) is 24.3. The number of carbonyl (C=O) groups excluding carboxylic acids is 3. The number of allylic oxidation sites excluding steroid dienone is 20. The van der Waals surface area contributed by atoms with Crippen LogP contribution in [0, 0.1) is 0 Å². The zero-order chi connectivity index (χ0) is 59.9. The minimum atomic E-state index is -0.796. The first-order valence-corrected chi connectivity index (χ1v) is 35.0. The lowest BCUT2D eigenvalue weighted by molar-refractivity contribution is -0.167. The van der Waals surface area contributed by atoms with Crippen LogP contribution >= 0.6 is 0 Å². The third-order valence-electron chi connectivity index (χ3n) is 15.0. The van der Waals surface area contributed by atoms with Gasteiger partial charge in [-0.25, -0.2) is 0 Å². The van der Waals surface area contributed by atoms with Gasteiger partial charge in [0.1, 0.15) is 13.2 Å². The second-order valence-corrected chi connectivity index (χ2v) is 23.1. The van der Waals surface area contributed by atoms with Gasteiger partial charge in [0, 0.05) is 19.3 Å². The van der Waals surface area contributed by atoms with Crippen molar-refractivity contribution in [3.63, 3.8) is 0 Å². The summed E-state index contributed by atoms with van der Waals surface area (Å²) in [5, 5.41) is 0. The zero-order valence-corrected chi connectivity index (χ0v) is 54.4. The van der Waals surface area contributed by atoms with Crippen LogP contribution in [-0.2, 0) is 28.6 Å². The molecule has 0 rings (SSSR count). The molecule has 0 bridgehead atoms. The van der Waals surface area contributed by atoms with Crippen molar-refractivity contribution >= 4 is 17.9 Å². The fraction of sp³-hybridized carbons (Fsp3) is 0.701. The van der Waals surface area contributed by atoms with E-state index in [0.717, 1.165) is 122 Å². The van der Waals surface area contributed by atoms with Crippen molar-refractivity contribution in [1.82, 2.24) is 0 Å². The van der Waals surface area contributed by atoms with E-state index >= 15 is 0 Å². The van der Waals surface area contributed by atoms with Crippen LogP contribution in [0.5, 0.6) is 0 Å². The Bertz CT molecular complexity index is 1700. The first-order valence-electron chi connectivity index (χ1n) is 35.0. The molecule has 1 unspecified atom stereocenters. The lowest BCUT2D eigenvalue weighted by Crippen LogP contribution is -2.30. The largest absolute Gasteiger partial charge is 0.462 e. The monoisotopic (exact) mass is 1150 g/mol. The summed E-state index contributed by atoms with van der Waals surface area (Å²) in [7, 11) is 0. The Labute approximate surface area is 513 Å². The normalized spacial score (nSPS) is 12.9. The molecule has 0 saturated carbocycles. The fourth-order valence-corrected chi connectivity index (χ4v) is 9.77. The van der Waals surface area contributed by atoms with E-state index in [0.29, 0.717) is 19.3 Å². The van der Waals surface area contributed by atoms with Crippen molar-refractivity contribution in [3.8, 4) is 0 Å². The average molecular weight is 1150 g/mol. The molecule has 0 saturated heterocycles. The Morgan fingerprint density at radius 2 is 0.470 bits per heavy atom. The molecule has 0 spiro atoms. The van der Waals surface area contributed by atoms with Crippen LogP contribution in [0.25, 0.3) is 0 Å². The maximum absolute atomic E-state index is 12.9. The summed E-state index contributed by atoms with van der Waals surface area (Å²) in [5.74, 6) is -0.920. The summed E-state index contributed by atoms with van der Waals surface area (Å²) in [5.41, 5.74) is 0. The maximum Gasteiger partial charge on any atom is 0.306 e. The Kier molecular flexibility index (Phi) is 66.7. The van der Waals surface area contributed by atoms with Crippen LogP contribution in [0.2, 0.25) is 0 Å². The summed E-state index contributed by atoms with van der Waals surface area (Å²) >= 11 is 0. The summed E-state index contributed by atoms with van der Waals surface area (Å²) in [4.78, 5) is 38.4. The number of ether oxygens (including phenoxy) is 3. The van der Waals surface area contributed by atoms with E-state index in [4.69, 9.17) is 14.2 Å². The Morgan fingerprint density at radius 1 is 0.253 bits per heavy atom. The molecule has 0 aliphatic rings. The average Bonchev–Trinajstić information content (AvgIpc) is 3.49. The van der Waals surface area contributed by atoms with Crippen LogP contribution in [0.15, 0.2) is 122 Å². The molecule has 0 heterocycles. The number of hydrogen-bond donors (Lipinski definition) is 0. The summed E-state index contributed by atoms with van der Waals surface area (Å²) < 4.78 is 16.9. The molecular weight excluding hydrogens is 1020 g/mol. The molecule has 0 fully saturated rings. The van der Waals surface area contributed by atoms with Gasteiger partial charge in [0.15, 0.2) is 6.10 Å². The van der Waals surface area contributed by atoms with Gasteiger partial charge in [0.25, 0.3) is 0 Å². The molecule has 474 valence electrons. The first-order chi connectivity index (χ1) is 41.0. The van der Waals surface area contributed by atoms with Crippen LogP contribution < -0.4 is 0 Å². The molecule has 6 heteroatoms. The minimum Gasteiger partial charge on any atom is -0.462 e. The Balaban J connectivity index is 4.38. The molecule has 83 heavy (non-hydrogen) atoms. The highest BCUT2D eigenvalue weighted by atomic mass is 16.6. The van der Waals surface area contributed by atoms with E-state index in [9.17, 15) is 14.4 Å². The van der Waals surface area contributed by atoms with Crippen molar-refractivity contribution in [2.75, 3.05) is 13.2 Å². The van der Waals surface area contributed by atoms with E-state index in [1.165, 1.54) is 167 Å². The molecular formula is C77H130O6. The fourth-order valence-electron chi connectivity index (χ4n) is 9.77. The Hall–Kier alpha value is -4.19. The van der Waals surface area contributed by atoms with Crippen LogP contribution in [-0.4, -0.2) is 37.2 Å². The number of unbranched alkanes of at least 4 members (excludes halogenated alkanes) is 32. The summed E-state index contributed by atoms with van der Waals surface area (Å²) in [6.07, 6.45) is 97.9. The van der Waals surface area contributed by atoms with E-state index < -0.39 is 6.10 Å². The van der Waals surface area contributed by atoms with Crippen molar-refractivity contribution < 1.29 is 28.6 Å². The van der Waals surface area contributed by atoms with Gasteiger partial charge in [-0.2, -0.15) is 0 Å². The van der Waals surface area contributed by atoms with Gasteiger partial charge in [-0.3, -0.25) is 14.4 Å². The number of hydrogen-bond acceptors (Lipinski definition) is 6. The molecule has 0 aliphatic heterocycles. The first kappa shape index (κ1) is 78.8. The lowest BCUT2D eigenvalue weighted by Gasteiger charge is -2.18. The minimum absolute atomic E-state index is 0.0884. The smallest absolute Gasteiger partial charge is 0.306 e. The number of rotatable bonds is 63. The van der Waals surface area contributed by atoms with Crippen LogP contribution in [0.4, 0.5) is 0 Å². The SMILES string of the molecule is CC/C=C\C/C=C\C/C=C\C/C=C\C/C=C\C/C=C\C/C=C\C/C=C\C/C=C\C/C=C\CCCCC(=O)OCC(COC(=O)CCCCCCCCCCCCCCCCCC)OC(=O)CCCCCCCCCCCCCCCCCC. The van der Waals surface area contributed by atoms with E-state index in [-0.39, 0.29) is 31.1 Å². The molecule has 0 aromatic rings. The van der Waals surface area contributed by atoms with E-state index in [1.807, 2.05) is 0 Å². The van der Waals surface area contributed by atoms with Crippen molar-refractivity contribution in [2.45, 2.75) is 335 Å². The maximum atomic E-state index is 12.9. The van der Waals surface area contributed by atoms with Gasteiger partial charge in [-0.05, 0) is 96.3 Å². The van der Waals surface area contributed by atoms with E-state index in [1.54, 1.807) is 0 Å². The second kappa shape index (κ2) is 70.3. The van der Waals surface area contributed by atoms with Gasteiger partial charge in [0.05, 0.1) is 0 Å². The number of carbonyl (C=O) groups is 3. The molecule has 0 N–H and O–H groups in total. The third kappa shape index (κ3) is 68.5. The predicted molar refractivity (Wildman–Crippen MR) is 362 cm³/mol. The van der Waals surface area contributed by atoms with Crippen molar-refractivity contribution in [3.05, 3.63) is 122 Å². The molecule has 0 aromatic heterocycles.